The Labute approximate surface area is 165 Å². The molecule has 0 saturated carbocycles. The van der Waals surface area contributed by atoms with Crippen LogP contribution in [-0.4, -0.2) is 69.1 Å². The van der Waals surface area contributed by atoms with Crippen molar-refractivity contribution in [2.24, 2.45) is 10.9 Å². The molecule has 0 spiro atoms. The van der Waals surface area contributed by atoms with Gasteiger partial charge in [0.25, 0.3) is 0 Å². The van der Waals surface area contributed by atoms with E-state index in [1.54, 1.807) is 0 Å². The summed E-state index contributed by atoms with van der Waals surface area (Å²) in [5.41, 5.74) is 1.40. The molecule has 0 radical (unpaired) electrons. The second-order valence-electron chi connectivity index (χ2n) is 8.08. The van der Waals surface area contributed by atoms with Crippen molar-refractivity contribution in [1.29, 1.82) is 0 Å². The first kappa shape index (κ1) is 20.2. The third-order valence-electron chi connectivity index (χ3n) is 6.14. The van der Waals surface area contributed by atoms with Gasteiger partial charge in [-0.25, -0.2) is 0 Å². The molecule has 2 heterocycles. The van der Waals surface area contributed by atoms with Gasteiger partial charge in [-0.2, -0.15) is 0 Å². The normalized spacial score (nSPS) is 21.3. The highest BCUT2D eigenvalue weighted by Gasteiger charge is 2.23. The average Bonchev–Trinajstić information content (AvgIpc) is 3.23. The van der Waals surface area contributed by atoms with Gasteiger partial charge in [0, 0.05) is 20.1 Å². The third-order valence-corrected chi connectivity index (χ3v) is 6.14. The van der Waals surface area contributed by atoms with E-state index in [2.05, 4.69) is 62.8 Å². The SMILES string of the molecule is CN=C(NCCC1CCN(C)CC1)NCC(c1ccccc1)N1CCCC1. The Kier molecular flexibility index (Phi) is 7.96. The molecule has 0 bridgehead atoms. The van der Waals surface area contributed by atoms with Gasteiger partial charge in [-0.05, 0) is 76.8 Å². The van der Waals surface area contributed by atoms with Crippen molar-refractivity contribution in [3.63, 3.8) is 0 Å². The second kappa shape index (κ2) is 10.7. The number of nitrogens with one attached hydrogen (secondary N) is 2. The molecule has 3 rings (SSSR count). The van der Waals surface area contributed by atoms with Crippen molar-refractivity contribution in [3.8, 4) is 0 Å². The summed E-state index contributed by atoms with van der Waals surface area (Å²) in [4.78, 5) is 9.48. The van der Waals surface area contributed by atoms with Gasteiger partial charge in [0.1, 0.15) is 0 Å². The lowest BCUT2D eigenvalue weighted by molar-refractivity contribution is 0.213. The van der Waals surface area contributed by atoms with Crippen LogP contribution in [0.2, 0.25) is 0 Å². The van der Waals surface area contributed by atoms with Crippen molar-refractivity contribution in [2.75, 3.05) is 53.4 Å². The van der Waals surface area contributed by atoms with Crippen LogP contribution in [0.1, 0.15) is 43.7 Å². The molecule has 150 valence electrons. The van der Waals surface area contributed by atoms with Gasteiger partial charge in [0.05, 0.1) is 6.04 Å². The van der Waals surface area contributed by atoms with E-state index in [1.807, 2.05) is 7.05 Å². The molecule has 0 amide bonds. The third kappa shape index (κ3) is 6.22. The molecule has 2 saturated heterocycles. The Morgan fingerprint density at radius 1 is 1.07 bits per heavy atom. The smallest absolute Gasteiger partial charge is 0.191 e. The van der Waals surface area contributed by atoms with Crippen LogP contribution in [0.25, 0.3) is 0 Å². The molecular formula is C22H37N5. The minimum Gasteiger partial charge on any atom is -0.356 e. The zero-order valence-electron chi connectivity index (χ0n) is 17.2. The lowest BCUT2D eigenvalue weighted by Gasteiger charge is -2.30. The minimum atomic E-state index is 0.418. The Balaban J connectivity index is 1.46. The predicted octanol–water partition coefficient (Wildman–Crippen LogP) is 2.72. The maximum Gasteiger partial charge on any atom is 0.191 e. The molecule has 0 aromatic heterocycles. The zero-order chi connectivity index (χ0) is 18.9. The van der Waals surface area contributed by atoms with E-state index in [-0.39, 0.29) is 0 Å². The summed E-state index contributed by atoms with van der Waals surface area (Å²) in [5.74, 6) is 1.79. The van der Waals surface area contributed by atoms with Crippen molar-refractivity contribution < 1.29 is 0 Å². The van der Waals surface area contributed by atoms with E-state index in [0.717, 1.165) is 25.0 Å². The summed E-state index contributed by atoms with van der Waals surface area (Å²) in [6.07, 6.45) is 6.52. The van der Waals surface area contributed by atoms with Crippen LogP contribution in [-0.2, 0) is 0 Å². The quantitative estimate of drug-likeness (QED) is 0.571. The summed E-state index contributed by atoms with van der Waals surface area (Å²) in [7, 11) is 4.10. The summed E-state index contributed by atoms with van der Waals surface area (Å²) in [5, 5.41) is 7.11. The summed E-state index contributed by atoms with van der Waals surface area (Å²) in [6, 6.07) is 11.3. The van der Waals surface area contributed by atoms with Crippen LogP contribution in [0.5, 0.6) is 0 Å². The molecule has 27 heavy (non-hydrogen) atoms. The first-order valence-electron chi connectivity index (χ1n) is 10.7. The van der Waals surface area contributed by atoms with Crippen molar-refractivity contribution >= 4 is 5.96 Å². The number of rotatable bonds is 7. The number of hydrogen-bond donors (Lipinski definition) is 2. The van der Waals surface area contributed by atoms with Gasteiger partial charge in [-0.1, -0.05) is 30.3 Å². The number of likely N-dealkylation sites (tertiary alicyclic amines) is 2. The Morgan fingerprint density at radius 3 is 2.44 bits per heavy atom. The first-order valence-corrected chi connectivity index (χ1v) is 10.7. The average molecular weight is 372 g/mol. The fourth-order valence-electron chi connectivity index (χ4n) is 4.35. The van der Waals surface area contributed by atoms with Crippen molar-refractivity contribution in [2.45, 2.75) is 38.1 Å². The predicted molar refractivity (Wildman–Crippen MR) is 114 cm³/mol. The highest BCUT2D eigenvalue weighted by molar-refractivity contribution is 5.79. The molecule has 1 unspecified atom stereocenters. The van der Waals surface area contributed by atoms with Gasteiger partial charge in [0.2, 0.25) is 0 Å². The molecular weight excluding hydrogens is 334 g/mol. The molecule has 1 atom stereocenters. The van der Waals surface area contributed by atoms with E-state index in [4.69, 9.17) is 0 Å². The van der Waals surface area contributed by atoms with Crippen LogP contribution < -0.4 is 10.6 Å². The highest BCUT2D eigenvalue weighted by atomic mass is 15.2. The first-order chi connectivity index (χ1) is 13.3. The minimum absolute atomic E-state index is 0.418. The zero-order valence-corrected chi connectivity index (χ0v) is 17.2. The maximum absolute atomic E-state index is 4.44. The molecule has 2 N–H and O–H groups in total. The number of aliphatic imine (C=N–C) groups is 1. The van der Waals surface area contributed by atoms with Crippen molar-refractivity contribution in [3.05, 3.63) is 35.9 Å². The summed E-state index contributed by atoms with van der Waals surface area (Å²) >= 11 is 0. The maximum atomic E-state index is 4.44. The molecule has 0 aliphatic carbocycles. The van der Waals surface area contributed by atoms with E-state index in [9.17, 15) is 0 Å². The fourth-order valence-corrected chi connectivity index (χ4v) is 4.35. The molecule has 2 aliphatic rings. The van der Waals surface area contributed by atoms with Crippen LogP contribution in [0, 0.1) is 5.92 Å². The largest absolute Gasteiger partial charge is 0.356 e. The molecule has 5 nitrogen and oxygen atoms in total. The van der Waals surface area contributed by atoms with Crippen LogP contribution in [0.3, 0.4) is 0 Å². The van der Waals surface area contributed by atoms with E-state index in [0.29, 0.717) is 6.04 Å². The highest BCUT2D eigenvalue weighted by Crippen LogP contribution is 2.24. The van der Waals surface area contributed by atoms with E-state index < -0.39 is 0 Å². The molecule has 1 aromatic carbocycles. The summed E-state index contributed by atoms with van der Waals surface area (Å²) < 4.78 is 0. The second-order valence-corrected chi connectivity index (χ2v) is 8.08. The lowest BCUT2D eigenvalue weighted by atomic mass is 9.94. The van der Waals surface area contributed by atoms with Crippen LogP contribution >= 0.6 is 0 Å². The molecule has 2 fully saturated rings. The van der Waals surface area contributed by atoms with Crippen LogP contribution in [0.15, 0.2) is 35.3 Å². The number of benzene rings is 1. The Hall–Kier alpha value is -1.59. The number of hydrogen-bond acceptors (Lipinski definition) is 3. The Morgan fingerprint density at radius 2 is 1.78 bits per heavy atom. The van der Waals surface area contributed by atoms with Gasteiger partial charge >= 0.3 is 0 Å². The standard InChI is InChI=1S/C22H37N5/c1-23-22(24-13-10-19-11-16-26(2)17-12-19)25-18-21(27-14-6-7-15-27)20-8-4-3-5-9-20/h3-5,8-9,19,21H,6-7,10-18H2,1-2H3,(H2,23,24,25). The molecule has 5 heteroatoms. The number of nitrogens with zero attached hydrogens (tertiary/aromatic N) is 3. The number of piperidine rings is 1. The van der Waals surface area contributed by atoms with Gasteiger partial charge in [-0.15, -0.1) is 0 Å². The van der Waals surface area contributed by atoms with Gasteiger partial charge < -0.3 is 15.5 Å². The topological polar surface area (TPSA) is 42.9 Å². The van der Waals surface area contributed by atoms with E-state index in [1.165, 1.54) is 63.8 Å². The number of guanidine groups is 1. The molecule has 2 aliphatic heterocycles. The van der Waals surface area contributed by atoms with Gasteiger partial charge in [0.15, 0.2) is 5.96 Å². The van der Waals surface area contributed by atoms with E-state index >= 15 is 0 Å². The molecule has 1 aromatic rings. The Bertz CT molecular complexity index is 559. The van der Waals surface area contributed by atoms with Gasteiger partial charge in [-0.3, -0.25) is 9.89 Å². The fraction of sp³-hybridized carbons (Fsp3) is 0.682. The lowest BCUT2D eigenvalue weighted by Crippen LogP contribution is -2.43. The van der Waals surface area contributed by atoms with Crippen molar-refractivity contribution in [1.82, 2.24) is 20.4 Å². The summed E-state index contributed by atoms with van der Waals surface area (Å²) in [6.45, 7) is 6.79. The monoisotopic (exact) mass is 371 g/mol. The van der Waals surface area contributed by atoms with Crippen LogP contribution in [0.4, 0.5) is 0 Å².